The van der Waals surface area contributed by atoms with Crippen LogP contribution in [0.15, 0.2) is 36.4 Å². The largest absolute Gasteiger partial charge is 0.504 e. The fourth-order valence-corrected chi connectivity index (χ4v) is 11.4. The lowest BCUT2D eigenvalue weighted by Crippen LogP contribution is -2.53. The van der Waals surface area contributed by atoms with E-state index in [4.69, 9.17) is 18.9 Å². The number of phenols is 2. The molecule has 0 radical (unpaired) electrons. The number of nitrogens with zero attached hydrogens (tertiary/aromatic N) is 2. The lowest BCUT2D eigenvalue weighted by atomic mass is 9.52. The van der Waals surface area contributed by atoms with E-state index >= 15 is 0 Å². The minimum Gasteiger partial charge on any atom is -0.504 e. The topological polar surface area (TPSA) is 118 Å². The Hall–Kier alpha value is -3.50. The van der Waals surface area contributed by atoms with Gasteiger partial charge < -0.3 is 39.0 Å². The Labute approximate surface area is 308 Å². The first-order valence-corrected chi connectivity index (χ1v) is 19.3. The quantitative estimate of drug-likeness (QED) is 0.327. The predicted octanol–water partition coefficient (Wildman–Crippen LogP) is 5.76. The van der Waals surface area contributed by atoms with Gasteiger partial charge >= 0.3 is 11.9 Å². The summed E-state index contributed by atoms with van der Waals surface area (Å²) < 4.78 is 24.1. The summed E-state index contributed by atoms with van der Waals surface area (Å²) in [7, 11) is 7.31. The molecular formula is C42H58N2O8. The first-order valence-electron chi connectivity index (χ1n) is 19.3. The van der Waals surface area contributed by atoms with Crippen molar-refractivity contribution >= 4 is 11.9 Å². The molecule has 0 amide bonds. The summed E-state index contributed by atoms with van der Waals surface area (Å²) in [5, 5.41) is 21.1. The molecule has 10 heteroatoms. The number of rotatable bonds is 8. The second-order valence-corrected chi connectivity index (χ2v) is 17.2. The summed E-state index contributed by atoms with van der Waals surface area (Å²) >= 11 is 0. The van der Waals surface area contributed by atoms with Gasteiger partial charge in [0.2, 0.25) is 0 Å². The Kier molecular flexibility index (Phi) is 10.2. The lowest BCUT2D eigenvalue weighted by Gasteiger charge is -2.50. The number of likely N-dealkylation sites (tertiary alicyclic amines) is 2. The summed E-state index contributed by atoms with van der Waals surface area (Å²) in [6.45, 7) is 13.1. The number of aromatic hydroxyl groups is 2. The van der Waals surface area contributed by atoms with Gasteiger partial charge in [0.25, 0.3) is 0 Å². The Bertz CT molecular complexity index is 1520. The summed E-state index contributed by atoms with van der Waals surface area (Å²) in [6.07, 6.45) is 1.20. The van der Waals surface area contributed by atoms with E-state index in [9.17, 15) is 19.8 Å². The van der Waals surface area contributed by atoms with Crippen molar-refractivity contribution in [2.45, 2.75) is 64.6 Å². The number of esters is 2. The molecule has 7 rings (SSSR count). The third kappa shape index (κ3) is 6.42. The number of carbonyl (C=O) groups excluding carboxylic acids is 2. The highest BCUT2D eigenvalue weighted by Crippen LogP contribution is 2.60. The van der Waals surface area contributed by atoms with Crippen LogP contribution >= 0.6 is 0 Å². The lowest BCUT2D eigenvalue weighted by molar-refractivity contribution is -0.175. The zero-order chi connectivity index (χ0) is 37.2. The maximum absolute atomic E-state index is 14.7. The zero-order valence-corrected chi connectivity index (χ0v) is 32.0. The van der Waals surface area contributed by atoms with E-state index in [-0.39, 0.29) is 59.0 Å². The zero-order valence-electron chi connectivity index (χ0n) is 32.0. The van der Waals surface area contributed by atoms with E-state index in [0.29, 0.717) is 46.6 Å². The minimum atomic E-state index is -0.728. The molecule has 0 spiro atoms. The smallest absolute Gasteiger partial charge is 0.310 e. The van der Waals surface area contributed by atoms with Crippen molar-refractivity contribution in [2.75, 3.05) is 54.5 Å². The monoisotopic (exact) mass is 718 g/mol. The third-order valence-electron chi connectivity index (χ3n) is 14.1. The maximum atomic E-state index is 14.7. The number of benzene rings is 2. The van der Waals surface area contributed by atoms with Crippen LogP contribution in [0.1, 0.15) is 63.5 Å². The highest BCUT2D eigenvalue weighted by atomic mass is 16.6. The Morgan fingerprint density at radius 2 is 1.00 bits per heavy atom. The van der Waals surface area contributed by atoms with Crippen LogP contribution in [0, 0.1) is 59.2 Å². The number of ether oxygens (including phenoxy) is 4. The number of hydrogen-bond donors (Lipinski definition) is 2. The van der Waals surface area contributed by atoms with Crippen molar-refractivity contribution < 1.29 is 38.7 Å². The van der Waals surface area contributed by atoms with Crippen molar-refractivity contribution in [1.29, 1.82) is 0 Å². The Morgan fingerprint density at radius 3 is 1.37 bits per heavy atom. The van der Waals surface area contributed by atoms with Crippen LogP contribution < -0.4 is 9.47 Å². The first-order chi connectivity index (χ1) is 24.8. The standard InChI is InChI=1S/C42H58N2O8/c1-21-17-43(5)19-29-23(3)33(15-27(21)29)51-41(47)39-37(25-9-11-31(45)35(13-25)49-7)40(38(39)26-10-12-32(46)36(14-26)50-8)42(48)52-34-16-28-22(2)18-44(6)20-30(28)24(34)4/h9-14,21-24,27-30,33-34,37-40,45-46H,15-20H2,1-8H3/t21-,22-,23+,24+,27+,28+,29+,30+,33+,34+,37?,38?,39?,40?/m0/s1. The van der Waals surface area contributed by atoms with Crippen LogP contribution in [0.2, 0.25) is 0 Å². The van der Waals surface area contributed by atoms with Crippen LogP contribution in [0.3, 0.4) is 0 Å². The second kappa shape index (κ2) is 14.4. The highest BCUT2D eigenvalue weighted by molar-refractivity contribution is 5.86. The average Bonchev–Trinajstić information content (AvgIpc) is 3.57. The molecule has 5 aliphatic rings. The molecular weight excluding hydrogens is 660 g/mol. The van der Waals surface area contributed by atoms with Crippen LogP contribution in [0.5, 0.6) is 23.0 Å². The molecule has 5 fully saturated rings. The molecule has 3 saturated carbocycles. The van der Waals surface area contributed by atoms with Crippen LogP contribution in [0.25, 0.3) is 0 Å². The fourth-order valence-electron chi connectivity index (χ4n) is 11.4. The van der Waals surface area contributed by atoms with Gasteiger partial charge in [0.1, 0.15) is 12.2 Å². The molecule has 2 heterocycles. The molecule has 2 aromatic carbocycles. The average molecular weight is 719 g/mol. The minimum absolute atomic E-state index is 0.0217. The number of methoxy groups -OCH3 is 2. The van der Waals surface area contributed by atoms with Gasteiger partial charge in [-0.05, 0) is 110 Å². The van der Waals surface area contributed by atoms with Gasteiger partial charge in [0, 0.05) is 38.0 Å². The van der Waals surface area contributed by atoms with Gasteiger partial charge in [0.05, 0.1) is 26.1 Å². The first kappa shape index (κ1) is 36.8. The molecule has 2 aliphatic heterocycles. The molecule has 284 valence electrons. The molecule has 10 atom stereocenters. The molecule has 0 aromatic heterocycles. The van der Waals surface area contributed by atoms with Gasteiger partial charge in [-0.25, -0.2) is 0 Å². The van der Waals surface area contributed by atoms with Gasteiger partial charge in [-0.1, -0.05) is 39.8 Å². The molecule has 0 bridgehead atoms. The van der Waals surface area contributed by atoms with Crippen molar-refractivity contribution in [3.05, 3.63) is 47.5 Å². The summed E-state index contributed by atoms with van der Waals surface area (Å²) in [5.74, 6) is 0.474. The second-order valence-electron chi connectivity index (χ2n) is 17.2. The van der Waals surface area contributed by atoms with Crippen LogP contribution in [0.4, 0.5) is 0 Å². The SMILES string of the molecule is COc1cc(C2C(C(=O)O[C@@H]3C[C@H]4[C@H](CN(C)C[C@@H]4C)[C@H]3C)C(c3ccc(O)c(OC)c3)C2C(=O)O[C@@H]2C[C@H]3[C@H](CN(C)C[C@@H]3C)[C@H]2C)ccc1O. The summed E-state index contributed by atoms with van der Waals surface area (Å²) in [4.78, 5) is 34.3. The fraction of sp³-hybridized carbons (Fsp3) is 0.667. The normalized spacial score (nSPS) is 38.8. The van der Waals surface area contributed by atoms with Crippen LogP contribution in [-0.2, 0) is 19.1 Å². The number of hydrogen-bond acceptors (Lipinski definition) is 10. The van der Waals surface area contributed by atoms with Gasteiger partial charge in [0.15, 0.2) is 23.0 Å². The van der Waals surface area contributed by atoms with Crippen molar-refractivity contribution in [3.63, 3.8) is 0 Å². The number of carbonyl (C=O) groups is 2. The van der Waals surface area contributed by atoms with Gasteiger partial charge in [-0.15, -0.1) is 0 Å². The molecule has 2 aromatic rings. The summed E-state index contributed by atoms with van der Waals surface area (Å²) in [6, 6.07) is 10.1. The highest BCUT2D eigenvalue weighted by Gasteiger charge is 2.61. The summed E-state index contributed by atoms with van der Waals surface area (Å²) in [5.41, 5.74) is 1.40. The molecule has 10 nitrogen and oxygen atoms in total. The Morgan fingerprint density at radius 1 is 0.615 bits per heavy atom. The van der Waals surface area contributed by atoms with Gasteiger partial charge in [-0.3, -0.25) is 9.59 Å². The molecule has 2 N–H and O–H groups in total. The van der Waals surface area contributed by atoms with E-state index in [0.717, 1.165) is 39.0 Å². The number of piperidine rings is 2. The van der Waals surface area contributed by atoms with Crippen molar-refractivity contribution in [2.24, 2.45) is 59.2 Å². The third-order valence-corrected chi connectivity index (χ3v) is 14.1. The van der Waals surface area contributed by atoms with E-state index in [1.54, 1.807) is 36.4 Å². The van der Waals surface area contributed by atoms with E-state index in [1.165, 1.54) is 14.2 Å². The Balaban J connectivity index is 1.24. The predicted molar refractivity (Wildman–Crippen MR) is 196 cm³/mol. The van der Waals surface area contributed by atoms with Crippen LogP contribution in [-0.4, -0.2) is 98.7 Å². The van der Waals surface area contributed by atoms with E-state index < -0.39 is 23.7 Å². The number of fused-ring (bicyclic) bond motifs is 2. The van der Waals surface area contributed by atoms with E-state index in [1.807, 2.05) is 0 Å². The van der Waals surface area contributed by atoms with Crippen molar-refractivity contribution in [3.8, 4) is 23.0 Å². The number of phenolic OH excluding ortho intramolecular Hbond substituents is 2. The van der Waals surface area contributed by atoms with E-state index in [2.05, 4.69) is 51.6 Å². The van der Waals surface area contributed by atoms with Crippen molar-refractivity contribution in [1.82, 2.24) is 9.80 Å². The molecule has 0 unspecified atom stereocenters. The maximum Gasteiger partial charge on any atom is 0.310 e. The molecule has 52 heavy (non-hydrogen) atoms. The molecule has 2 saturated heterocycles. The molecule has 3 aliphatic carbocycles. The van der Waals surface area contributed by atoms with Gasteiger partial charge in [-0.2, -0.15) is 0 Å².